The third kappa shape index (κ3) is 3.81. The molecule has 1 heterocycles. The minimum absolute atomic E-state index is 0.149. The first-order chi connectivity index (χ1) is 9.08. The van der Waals surface area contributed by atoms with Gasteiger partial charge in [-0.15, -0.1) is 0 Å². The molecule has 1 fully saturated rings. The number of nitrogens with one attached hydrogen (secondary N) is 1. The summed E-state index contributed by atoms with van der Waals surface area (Å²) in [6.45, 7) is 5.69. The van der Waals surface area contributed by atoms with Crippen molar-refractivity contribution in [3.8, 4) is 0 Å². The number of aliphatic hydroxyl groups excluding tert-OH is 1. The van der Waals surface area contributed by atoms with Crippen molar-refractivity contribution in [3.63, 3.8) is 0 Å². The van der Waals surface area contributed by atoms with Crippen molar-refractivity contribution in [1.29, 1.82) is 0 Å². The molecule has 1 aromatic rings. The molecule has 3 unspecified atom stereocenters. The zero-order valence-corrected chi connectivity index (χ0v) is 12.1. The highest BCUT2D eigenvalue weighted by Crippen LogP contribution is 2.47. The number of rotatable bonds is 8. The zero-order chi connectivity index (χ0) is 13.9. The second kappa shape index (κ2) is 6.07. The van der Waals surface area contributed by atoms with E-state index in [1.165, 1.54) is 6.42 Å². The van der Waals surface area contributed by atoms with Crippen LogP contribution in [0.15, 0.2) is 16.5 Å². The normalized spacial score (nSPS) is 25.3. The number of hydrogen-bond acceptors (Lipinski definition) is 4. The van der Waals surface area contributed by atoms with E-state index in [9.17, 15) is 0 Å². The molecule has 1 saturated carbocycles. The van der Waals surface area contributed by atoms with Crippen molar-refractivity contribution in [2.45, 2.75) is 44.7 Å². The van der Waals surface area contributed by atoms with Crippen LogP contribution in [0.4, 0.5) is 0 Å². The van der Waals surface area contributed by atoms with Crippen LogP contribution in [0.2, 0.25) is 0 Å². The van der Waals surface area contributed by atoms with Gasteiger partial charge in [0.25, 0.3) is 0 Å². The fraction of sp³-hybridized carbons (Fsp3) is 0.733. The molecule has 108 valence electrons. The van der Waals surface area contributed by atoms with Gasteiger partial charge < -0.3 is 19.6 Å². The van der Waals surface area contributed by atoms with Crippen molar-refractivity contribution in [1.82, 2.24) is 5.32 Å². The maximum atomic E-state index is 9.12. The molecular formula is C15H25NO3. The number of ether oxygens (including phenoxy) is 1. The maximum Gasteiger partial charge on any atom is 0.117 e. The molecule has 1 aliphatic carbocycles. The molecule has 0 saturated heterocycles. The Bertz CT molecular complexity index is 396. The first-order valence-corrected chi connectivity index (χ1v) is 7.01. The van der Waals surface area contributed by atoms with Crippen LogP contribution in [-0.2, 0) is 11.3 Å². The summed E-state index contributed by atoms with van der Waals surface area (Å²) >= 11 is 0. The maximum absolute atomic E-state index is 9.12. The second-order valence-electron chi connectivity index (χ2n) is 5.94. The standard InChI is InChI=1S/C15H25NO3/c1-11-8-13(11)14-5-4-12(19-14)9-16-15(2,6-7-17)10-18-3/h4-5,11,13,16-17H,6-10H2,1-3H3. The molecule has 2 rings (SSSR count). The van der Waals surface area contributed by atoms with E-state index in [-0.39, 0.29) is 12.1 Å². The van der Waals surface area contributed by atoms with Crippen LogP contribution in [0, 0.1) is 5.92 Å². The predicted molar refractivity (Wildman–Crippen MR) is 74.1 cm³/mol. The largest absolute Gasteiger partial charge is 0.464 e. The summed E-state index contributed by atoms with van der Waals surface area (Å²) in [6.07, 6.45) is 1.90. The van der Waals surface area contributed by atoms with Gasteiger partial charge in [0.15, 0.2) is 0 Å². The predicted octanol–water partition coefficient (Wildman–Crippen LogP) is 2.28. The molecule has 1 aliphatic rings. The lowest BCUT2D eigenvalue weighted by Crippen LogP contribution is -2.46. The molecular weight excluding hydrogens is 242 g/mol. The number of methoxy groups -OCH3 is 1. The number of aliphatic hydroxyl groups is 1. The van der Waals surface area contributed by atoms with Crippen molar-refractivity contribution >= 4 is 0 Å². The molecule has 4 heteroatoms. The molecule has 0 radical (unpaired) electrons. The molecule has 4 nitrogen and oxygen atoms in total. The Labute approximate surface area is 115 Å². The van der Waals surface area contributed by atoms with E-state index in [1.54, 1.807) is 7.11 Å². The summed E-state index contributed by atoms with van der Waals surface area (Å²) in [5, 5.41) is 12.5. The lowest BCUT2D eigenvalue weighted by atomic mass is 9.99. The van der Waals surface area contributed by atoms with Crippen LogP contribution in [0.25, 0.3) is 0 Å². The van der Waals surface area contributed by atoms with Crippen LogP contribution < -0.4 is 5.32 Å². The third-order valence-electron chi connectivity index (χ3n) is 3.97. The van der Waals surface area contributed by atoms with E-state index in [4.69, 9.17) is 14.3 Å². The lowest BCUT2D eigenvalue weighted by molar-refractivity contribution is 0.0955. The molecule has 0 bridgehead atoms. The quantitative estimate of drug-likeness (QED) is 0.758. The minimum atomic E-state index is -0.219. The highest BCUT2D eigenvalue weighted by atomic mass is 16.5. The topological polar surface area (TPSA) is 54.6 Å². The van der Waals surface area contributed by atoms with Crippen LogP contribution in [-0.4, -0.2) is 31.0 Å². The molecule has 0 aliphatic heterocycles. The van der Waals surface area contributed by atoms with Gasteiger partial charge in [0, 0.05) is 25.2 Å². The number of hydrogen-bond donors (Lipinski definition) is 2. The highest BCUT2D eigenvalue weighted by Gasteiger charge is 2.36. The van der Waals surface area contributed by atoms with Gasteiger partial charge in [-0.05, 0) is 37.8 Å². The first kappa shape index (κ1) is 14.6. The van der Waals surface area contributed by atoms with Gasteiger partial charge in [0.1, 0.15) is 11.5 Å². The number of furan rings is 1. The molecule has 19 heavy (non-hydrogen) atoms. The van der Waals surface area contributed by atoms with Gasteiger partial charge in [0.05, 0.1) is 13.2 Å². The fourth-order valence-corrected chi connectivity index (χ4v) is 2.48. The highest BCUT2D eigenvalue weighted by molar-refractivity contribution is 5.17. The summed E-state index contributed by atoms with van der Waals surface area (Å²) in [4.78, 5) is 0. The van der Waals surface area contributed by atoms with Gasteiger partial charge in [-0.25, -0.2) is 0 Å². The van der Waals surface area contributed by atoms with Gasteiger partial charge in [-0.3, -0.25) is 0 Å². The van der Waals surface area contributed by atoms with Gasteiger partial charge >= 0.3 is 0 Å². The van der Waals surface area contributed by atoms with E-state index < -0.39 is 0 Å². The Morgan fingerprint density at radius 1 is 1.53 bits per heavy atom. The van der Waals surface area contributed by atoms with E-state index in [0.29, 0.717) is 25.5 Å². The molecule has 0 spiro atoms. The smallest absolute Gasteiger partial charge is 0.117 e. The summed E-state index contributed by atoms with van der Waals surface area (Å²) in [6, 6.07) is 4.13. The Hall–Kier alpha value is -0.840. The van der Waals surface area contributed by atoms with Gasteiger partial charge in [0.2, 0.25) is 0 Å². The summed E-state index contributed by atoms with van der Waals surface area (Å²) < 4.78 is 11.1. The Kier molecular flexibility index (Phi) is 4.66. The van der Waals surface area contributed by atoms with Crippen LogP contribution in [0.1, 0.15) is 44.1 Å². The minimum Gasteiger partial charge on any atom is -0.464 e. The Balaban J connectivity index is 1.87. The Morgan fingerprint density at radius 3 is 2.84 bits per heavy atom. The summed E-state index contributed by atoms with van der Waals surface area (Å²) in [5.41, 5.74) is -0.219. The van der Waals surface area contributed by atoms with E-state index in [0.717, 1.165) is 17.4 Å². The van der Waals surface area contributed by atoms with Gasteiger partial charge in [-0.2, -0.15) is 0 Å². The van der Waals surface area contributed by atoms with Crippen LogP contribution in [0.5, 0.6) is 0 Å². The SMILES string of the molecule is COCC(C)(CCO)NCc1ccc(C2CC2C)o1. The molecule has 2 N–H and O–H groups in total. The molecule has 1 aromatic heterocycles. The second-order valence-corrected chi connectivity index (χ2v) is 5.94. The van der Waals surface area contributed by atoms with E-state index >= 15 is 0 Å². The fourth-order valence-electron chi connectivity index (χ4n) is 2.48. The lowest BCUT2D eigenvalue weighted by Gasteiger charge is -2.29. The van der Waals surface area contributed by atoms with Gasteiger partial charge in [-0.1, -0.05) is 6.92 Å². The molecule has 3 atom stereocenters. The van der Waals surface area contributed by atoms with Crippen molar-refractivity contribution in [2.24, 2.45) is 5.92 Å². The average molecular weight is 267 g/mol. The summed E-state index contributed by atoms with van der Waals surface area (Å²) in [5.74, 6) is 3.45. The van der Waals surface area contributed by atoms with Crippen LogP contribution in [0.3, 0.4) is 0 Å². The first-order valence-electron chi connectivity index (χ1n) is 7.01. The average Bonchev–Trinajstić information content (AvgIpc) is 2.91. The monoisotopic (exact) mass is 267 g/mol. The van der Waals surface area contributed by atoms with Crippen LogP contribution >= 0.6 is 0 Å². The summed E-state index contributed by atoms with van der Waals surface area (Å²) in [7, 11) is 1.68. The van der Waals surface area contributed by atoms with Crippen molar-refractivity contribution in [3.05, 3.63) is 23.7 Å². The molecule has 0 amide bonds. The van der Waals surface area contributed by atoms with E-state index in [1.807, 2.05) is 6.07 Å². The van der Waals surface area contributed by atoms with Crippen molar-refractivity contribution in [2.75, 3.05) is 20.3 Å². The molecule has 0 aromatic carbocycles. The van der Waals surface area contributed by atoms with Crippen molar-refractivity contribution < 1.29 is 14.3 Å². The third-order valence-corrected chi connectivity index (χ3v) is 3.97. The zero-order valence-electron chi connectivity index (χ0n) is 12.1. The Morgan fingerprint density at radius 2 is 2.26 bits per heavy atom. The van der Waals surface area contributed by atoms with E-state index in [2.05, 4.69) is 25.2 Å².